The molecule has 0 aliphatic carbocycles. The summed E-state index contributed by atoms with van der Waals surface area (Å²) in [4.78, 5) is 12.0. The van der Waals surface area contributed by atoms with Crippen LogP contribution in [-0.4, -0.2) is 12.5 Å². The van der Waals surface area contributed by atoms with E-state index in [0.717, 1.165) is 18.4 Å². The number of carbonyl (C=O) groups excluding carboxylic acids is 1. The van der Waals surface area contributed by atoms with Gasteiger partial charge in [0.25, 0.3) is 0 Å². The van der Waals surface area contributed by atoms with Gasteiger partial charge in [-0.2, -0.15) is 0 Å². The van der Waals surface area contributed by atoms with Crippen molar-refractivity contribution in [3.8, 4) is 0 Å². The number of aryl methyl sites for hydroxylation is 1. The minimum absolute atomic E-state index is 0.0654. The highest BCUT2D eigenvalue weighted by Crippen LogP contribution is 2.19. The molecule has 106 valence electrons. The average Bonchev–Trinajstić information content (AvgIpc) is 2.38. The number of hydrogen-bond acceptors (Lipinski definition) is 2. The molecule has 19 heavy (non-hydrogen) atoms. The summed E-state index contributed by atoms with van der Waals surface area (Å²) >= 11 is 0. The van der Waals surface area contributed by atoms with E-state index in [4.69, 9.17) is 5.73 Å². The van der Waals surface area contributed by atoms with Crippen LogP contribution in [0.5, 0.6) is 0 Å². The van der Waals surface area contributed by atoms with Crippen molar-refractivity contribution in [2.45, 2.75) is 46.6 Å². The van der Waals surface area contributed by atoms with Crippen molar-refractivity contribution in [1.29, 1.82) is 0 Å². The van der Waals surface area contributed by atoms with Crippen LogP contribution in [-0.2, 0) is 17.8 Å². The van der Waals surface area contributed by atoms with E-state index in [9.17, 15) is 4.79 Å². The Hall–Kier alpha value is -1.35. The van der Waals surface area contributed by atoms with Gasteiger partial charge in [0.15, 0.2) is 0 Å². The molecule has 0 aliphatic heterocycles. The molecule has 3 N–H and O–H groups in total. The van der Waals surface area contributed by atoms with Crippen LogP contribution < -0.4 is 11.1 Å². The van der Waals surface area contributed by atoms with E-state index >= 15 is 0 Å². The van der Waals surface area contributed by atoms with Crippen LogP contribution in [0.1, 0.15) is 44.7 Å². The first-order valence-electron chi connectivity index (χ1n) is 7.06. The topological polar surface area (TPSA) is 55.1 Å². The Labute approximate surface area is 116 Å². The Morgan fingerprint density at radius 1 is 1.21 bits per heavy atom. The third-order valence-corrected chi connectivity index (χ3v) is 3.40. The molecule has 0 aromatic heterocycles. The molecular formula is C16H26N2O. The van der Waals surface area contributed by atoms with E-state index in [0.29, 0.717) is 19.5 Å². The van der Waals surface area contributed by atoms with Gasteiger partial charge in [-0.05, 0) is 30.5 Å². The first-order valence-corrected chi connectivity index (χ1v) is 7.06. The summed E-state index contributed by atoms with van der Waals surface area (Å²) in [5, 5.41) is 2.98. The van der Waals surface area contributed by atoms with Crippen LogP contribution in [0.2, 0.25) is 0 Å². The first kappa shape index (κ1) is 15.7. The Morgan fingerprint density at radius 3 is 2.32 bits per heavy atom. The van der Waals surface area contributed by atoms with Gasteiger partial charge in [-0.1, -0.05) is 51.5 Å². The van der Waals surface area contributed by atoms with Crippen LogP contribution in [0.3, 0.4) is 0 Å². The molecular weight excluding hydrogens is 236 g/mol. The molecule has 0 saturated heterocycles. The van der Waals surface area contributed by atoms with Crippen molar-refractivity contribution < 1.29 is 4.79 Å². The fraction of sp³-hybridized carbons (Fsp3) is 0.562. The number of nitrogens with one attached hydrogen (secondary N) is 1. The quantitative estimate of drug-likeness (QED) is 0.793. The highest BCUT2D eigenvalue weighted by molar-refractivity contribution is 5.81. The molecule has 1 rings (SSSR count). The van der Waals surface area contributed by atoms with Crippen molar-refractivity contribution in [2.24, 2.45) is 11.1 Å². The Bertz CT molecular complexity index is 396. The van der Waals surface area contributed by atoms with Gasteiger partial charge in [0, 0.05) is 12.0 Å². The molecule has 0 radical (unpaired) electrons. The van der Waals surface area contributed by atoms with Gasteiger partial charge >= 0.3 is 0 Å². The monoisotopic (exact) mass is 262 g/mol. The second-order valence-corrected chi connectivity index (χ2v) is 5.67. The Kier molecular flexibility index (Phi) is 6.03. The molecule has 1 aromatic carbocycles. The molecule has 0 spiro atoms. The summed E-state index contributed by atoms with van der Waals surface area (Å²) in [5.41, 5.74) is 7.62. The van der Waals surface area contributed by atoms with Crippen LogP contribution in [0, 0.1) is 5.41 Å². The largest absolute Gasteiger partial charge is 0.352 e. The lowest BCUT2D eigenvalue weighted by Crippen LogP contribution is -2.37. The molecule has 0 heterocycles. The van der Waals surface area contributed by atoms with Crippen LogP contribution >= 0.6 is 0 Å². The van der Waals surface area contributed by atoms with Gasteiger partial charge in [-0.25, -0.2) is 0 Å². The summed E-state index contributed by atoms with van der Waals surface area (Å²) in [6.07, 6.45) is 2.97. The normalized spacial score (nSPS) is 11.4. The molecule has 1 aromatic rings. The summed E-state index contributed by atoms with van der Waals surface area (Å²) in [6, 6.07) is 8.44. The molecule has 0 atom stereocenters. The highest BCUT2D eigenvalue weighted by atomic mass is 16.2. The van der Waals surface area contributed by atoms with Crippen molar-refractivity contribution in [3.05, 3.63) is 35.4 Å². The minimum Gasteiger partial charge on any atom is -0.352 e. The van der Waals surface area contributed by atoms with E-state index in [1.165, 1.54) is 5.56 Å². The van der Waals surface area contributed by atoms with Gasteiger partial charge in [0.05, 0.1) is 0 Å². The lowest BCUT2D eigenvalue weighted by Gasteiger charge is -2.22. The van der Waals surface area contributed by atoms with Crippen LogP contribution in [0.4, 0.5) is 0 Å². The summed E-state index contributed by atoms with van der Waals surface area (Å²) < 4.78 is 0. The number of nitrogens with two attached hydrogens (primary N) is 1. The predicted octanol–water partition coefficient (Wildman–Crippen LogP) is 2.63. The fourth-order valence-corrected chi connectivity index (χ4v) is 2.01. The van der Waals surface area contributed by atoms with Crippen LogP contribution in [0.15, 0.2) is 24.3 Å². The zero-order valence-electron chi connectivity index (χ0n) is 12.3. The molecule has 0 unspecified atom stereocenters. The Balaban J connectivity index is 2.50. The molecule has 0 fully saturated rings. The fourth-order valence-electron chi connectivity index (χ4n) is 2.01. The van der Waals surface area contributed by atoms with E-state index in [2.05, 4.69) is 36.5 Å². The van der Waals surface area contributed by atoms with E-state index < -0.39 is 5.41 Å². The highest BCUT2D eigenvalue weighted by Gasteiger charge is 2.25. The maximum atomic E-state index is 12.0. The average molecular weight is 262 g/mol. The predicted molar refractivity (Wildman–Crippen MR) is 79.7 cm³/mol. The Morgan fingerprint density at radius 2 is 1.79 bits per heavy atom. The number of carbonyl (C=O) groups is 1. The molecule has 0 bridgehead atoms. The van der Waals surface area contributed by atoms with Gasteiger partial charge in [0.1, 0.15) is 0 Å². The molecule has 3 nitrogen and oxygen atoms in total. The number of rotatable bonds is 7. The van der Waals surface area contributed by atoms with Crippen molar-refractivity contribution >= 4 is 5.91 Å². The van der Waals surface area contributed by atoms with Crippen LogP contribution in [0.25, 0.3) is 0 Å². The minimum atomic E-state index is -0.392. The third-order valence-electron chi connectivity index (χ3n) is 3.40. The molecule has 0 aliphatic rings. The standard InChI is InChI=1S/C16H26N2O/c1-4-5-13-6-8-14(9-7-13)12-18-15(19)16(2,3)10-11-17/h6-9H,4-5,10-12,17H2,1-3H3,(H,18,19). The number of hydrogen-bond donors (Lipinski definition) is 2. The zero-order chi connectivity index (χ0) is 14.3. The maximum absolute atomic E-state index is 12.0. The van der Waals surface area contributed by atoms with E-state index in [-0.39, 0.29) is 5.91 Å². The molecule has 0 saturated carbocycles. The third kappa shape index (κ3) is 5.03. The lowest BCUT2D eigenvalue weighted by molar-refractivity contribution is -0.129. The van der Waals surface area contributed by atoms with E-state index in [1.54, 1.807) is 0 Å². The first-order chi connectivity index (χ1) is 8.99. The summed E-state index contributed by atoms with van der Waals surface area (Å²) in [7, 11) is 0. The van der Waals surface area contributed by atoms with Crippen molar-refractivity contribution in [1.82, 2.24) is 5.32 Å². The molecule has 3 heteroatoms. The second-order valence-electron chi connectivity index (χ2n) is 5.67. The number of benzene rings is 1. The van der Waals surface area contributed by atoms with Gasteiger partial charge < -0.3 is 11.1 Å². The maximum Gasteiger partial charge on any atom is 0.225 e. The summed E-state index contributed by atoms with van der Waals surface area (Å²) in [5.74, 6) is 0.0654. The van der Waals surface area contributed by atoms with Crippen molar-refractivity contribution in [3.63, 3.8) is 0 Å². The van der Waals surface area contributed by atoms with Gasteiger partial charge in [0.2, 0.25) is 5.91 Å². The van der Waals surface area contributed by atoms with Gasteiger partial charge in [-0.3, -0.25) is 4.79 Å². The molecule has 1 amide bonds. The zero-order valence-corrected chi connectivity index (χ0v) is 12.3. The van der Waals surface area contributed by atoms with Crippen molar-refractivity contribution in [2.75, 3.05) is 6.54 Å². The number of amides is 1. The SMILES string of the molecule is CCCc1ccc(CNC(=O)C(C)(C)CCN)cc1. The smallest absolute Gasteiger partial charge is 0.225 e. The summed E-state index contributed by atoms with van der Waals surface area (Å²) in [6.45, 7) is 7.15. The van der Waals surface area contributed by atoms with E-state index in [1.807, 2.05) is 13.8 Å². The van der Waals surface area contributed by atoms with Gasteiger partial charge in [-0.15, -0.1) is 0 Å². The lowest BCUT2D eigenvalue weighted by atomic mass is 9.88. The second kappa shape index (κ2) is 7.29.